The summed E-state index contributed by atoms with van der Waals surface area (Å²) in [6.07, 6.45) is 14.9. The van der Waals surface area contributed by atoms with Crippen LogP contribution in [0.2, 0.25) is 0 Å². The third-order valence-corrected chi connectivity index (χ3v) is 11.2. The molecule has 2 fully saturated rings. The van der Waals surface area contributed by atoms with Gasteiger partial charge < -0.3 is 0 Å². The molecule has 1 heteroatoms. The molecule has 2 saturated carbocycles. The molecule has 2 aliphatic rings. The minimum absolute atomic E-state index is 0.0552. The summed E-state index contributed by atoms with van der Waals surface area (Å²) < 4.78 is 0. The zero-order valence-corrected chi connectivity index (χ0v) is 18.5. The van der Waals surface area contributed by atoms with Crippen LogP contribution in [-0.2, 0) is 0 Å². The zero-order chi connectivity index (χ0) is 19.2. The predicted octanol–water partition coefficient (Wildman–Crippen LogP) is 8.35. The van der Waals surface area contributed by atoms with Crippen molar-refractivity contribution >= 4 is 7.92 Å². The molecule has 0 bridgehead atoms. The summed E-state index contributed by atoms with van der Waals surface area (Å²) in [6, 6.07) is 22.8. The van der Waals surface area contributed by atoms with Crippen LogP contribution >= 0.6 is 7.92 Å². The Morgan fingerprint density at radius 2 is 1.00 bits per heavy atom. The molecule has 1 unspecified atom stereocenters. The van der Waals surface area contributed by atoms with Gasteiger partial charge in [-0.1, -0.05) is 114 Å². The Morgan fingerprint density at radius 1 is 0.607 bits per heavy atom. The molecule has 2 aromatic carbocycles. The van der Waals surface area contributed by atoms with Gasteiger partial charge in [0.25, 0.3) is 0 Å². The highest BCUT2D eigenvalue weighted by Gasteiger charge is 2.38. The van der Waals surface area contributed by atoms with Gasteiger partial charge in [-0.2, -0.15) is 0 Å². The molecule has 28 heavy (non-hydrogen) atoms. The lowest BCUT2D eigenvalue weighted by Gasteiger charge is -2.44. The van der Waals surface area contributed by atoms with Crippen LogP contribution in [0.25, 0.3) is 0 Å². The van der Waals surface area contributed by atoms with Crippen LogP contribution in [0.1, 0.15) is 88.2 Å². The molecule has 2 aliphatic carbocycles. The smallest absolute Gasteiger partial charge is 0.0154 e. The summed E-state index contributed by atoms with van der Waals surface area (Å²) in [5.41, 5.74) is 5.85. The number of rotatable bonds is 6. The number of hydrogen-bond donors (Lipinski definition) is 0. The van der Waals surface area contributed by atoms with E-state index in [1.165, 1.54) is 75.3 Å². The molecule has 0 radical (unpaired) electrons. The average molecular weight is 393 g/mol. The molecule has 0 heterocycles. The van der Waals surface area contributed by atoms with E-state index in [0.717, 1.165) is 17.0 Å². The van der Waals surface area contributed by atoms with E-state index in [1.54, 1.807) is 0 Å². The Bertz CT molecular complexity index is 625. The lowest BCUT2D eigenvalue weighted by Crippen LogP contribution is -2.29. The topological polar surface area (TPSA) is 0 Å². The van der Waals surface area contributed by atoms with Gasteiger partial charge in [0, 0.05) is 5.92 Å². The second-order valence-corrected chi connectivity index (χ2v) is 12.2. The van der Waals surface area contributed by atoms with Crippen molar-refractivity contribution in [1.29, 1.82) is 0 Å². The number of benzene rings is 2. The summed E-state index contributed by atoms with van der Waals surface area (Å²) in [5.74, 6) is 0.553. The van der Waals surface area contributed by atoms with E-state index in [-0.39, 0.29) is 7.92 Å². The lowest BCUT2D eigenvalue weighted by atomic mass is 9.89. The van der Waals surface area contributed by atoms with E-state index in [4.69, 9.17) is 0 Å². The Morgan fingerprint density at radius 3 is 1.39 bits per heavy atom. The van der Waals surface area contributed by atoms with Gasteiger partial charge in [-0.05, 0) is 53.8 Å². The maximum Gasteiger partial charge on any atom is 0.0154 e. The van der Waals surface area contributed by atoms with E-state index in [0.29, 0.717) is 5.92 Å². The van der Waals surface area contributed by atoms with E-state index in [1.807, 2.05) is 0 Å². The van der Waals surface area contributed by atoms with Crippen LogP contribution in [0.15, 0.2) is 60.7 Å². The Labute approximate surface area is 173 Å². The monoisotopic (exact) mass is 392 g/mol. The average Bonchev–Trinajstić information content (AvgIpc) is 2.77. The highest BCUT2D eigenvalue weighted by atomic mass is 31.1. The predicted molar refractivity (Wildman–Crippen MR) is 125 cm³/mol. The van der Waals surface area contributed by atoms with Crippen molar-refractivity contribution < 1.29 is 0 Å². The molecule has 0 aromatic heterocycles. The summed E-state index contributed by atoms with van der Waals surface area (Å²) in [4.78, 5) is 0. The molecule has 0 spiro atoms. The largest absolute Gasteiger partial charge is 0.0965 e. The van der Waals surface area contributed by atoms with Crippen molar-refractivity contribution in [3.05, 3.63) is 71.8 Å². The Hall–Kier alpha value is -1.13. The normalized spacial score (nSPS) is 20.5. The molecule has 0 N–H and O–H groups in total. The van der Waals surface area contributed by atoms with Gasteiger partial charge in [0.2, 0.25) is 0 Å². The first-order chi connectivity index (χ1) is 13.8. The van der Waals surface area contributed by atoms with Gasteiger partial charge in [-0.15, -0.1) is 0 Å². The molecule has 0 amide bonds. The number of hydrogen-bond acceptors (Lipinski definition) is 0. The third-order valence-electron chi connectivity index (χ3n) is 7.26. The van der Waals surface area contributed by atoms with Gasteiger partial charge in [0.05, 0.1) is 0 Å². The van der Waals surface area contributed by atoms with Crippen molar-refractivity contribution in [1.82, 2.24) is 0 Å². The van der Waals surface area contributed by atoms with E-state index < -0.39 is 0 Å². The second-order valence-electron chi connectivity index (χ2n) is 9.07. The van der Waals surface area contributed by atoms with Gasteiger partial charge in [-0.25, -0.2) is 0 Å². The summed E-state index contributed by atoms with van der Waals surface area (Å²) >= 11 is 0. The van der Waals surface area contributed by atoms with E-state index in [9.17, 15) is 0 Å². The molecular weight excluding hydrogens is 355 g/mol. The van der Waals surface area contributed by atoms with Crippen LogP contribution in [0.5, 0.6) is 0 Å². The van der Waals surface area contributed by atoms with E-state index in [2.05, 4.69) is 67.6 Å². The SMILES string of the molecule is CC(C(c1ccccc1)c1ccccc1)P(C1CCCCC1)C1CCCCC1. The molecule has 0 nitrogen and oxygen atoms in total. The Kier molecular flexibility index (Phi) is 7.25. The van der Waals surface area contributed by atoms with Crippen LogP contribution in [0, 0.1) is 0 Å². The summed E-state index contributed by atoms with van der Waals surface area (Å²) in [7, 11) is 0.0552. The maximum absolute atomic E-state index is 2.62. The zero-order valence-electron chi connectivity index (χ0n) is 17.6. The van der Waals surface area contributed by atoms with Crippen molar-refractivity contribution in [2.24, 2.45) is 0 Å². The molecule has 0 saturated heterocycles. The van der Waals surface area contributed by atoms with Gasteiger partial charge in [-0.3, -0.25) is 0 Å². The fourth-order valence-corrected chi connectivity index (χ4v) is 10.5. The first-order valence-corrected chi connectivity index (χ1v) is 13.3. The molecular formula is C27H37P. The third kappa shape index (κ3) is 4.71. The summed E-state index contributed by atoms with van der Waals surface area (Å²) in [5, 5.41) is 0. The quantitative estimate of drug-likeness (QED) is 0.433. The standard InChI is InChI=1S/C27H37P/c1-22(27(23-14-6-2-7-15-23)24-16-8-3-9-17-24)28(25-18-10-4-11-19-25)26-20-12-5-13-21-26/h2-3,6-9,14-17,22,25-27H,4-5,10-13,18-21H2,1H3. The van der Waals surface area contributed by atoms with Crippen LogP contribution in [0.3, 0.4) is 0 Å². The van der Waals surface area contributed by atoms with Crippen molar-refractivity contribution in [3.8, 4) is 0 Å². The maximum atomic E-state index is 2.62. The van der Waals surface area contributed by atoms with Crippen molar-refractivity contribution in [2.45, 2.75) is 94.0 Å². The molecule has 2 aromatic rings. The van der Waals surface area contributed by atoms with E-state index >= 15 is 0 Å². The van der Waals surface area contributed by atoms with Gasteiger partial charge in [0.15, 0.2) is 0 Å². The second kappa shape index (κ2) is 10.1. The van der Waals surface area contributed by atoms with Crippen molar-refractivity contribution in [3.63, 3.8) is 0 Å². The van der Waals surface area contributed by atoms with Crippen molar-refractivity contribution in [2.75, 3.05) is 0 Å². The Balaban J connectivity index is 1.69. The lowest BCUT2D eigenvalue weighted by molar-refractivity contribution is 0.479. The van der Waals surface area contributed by atoms with Crippen LogP contribution in [0.4, 0.5) is 0 Å². The van der Waals surface area contributed by atoms with Gasteiger partial charge >= 0.3 is 0 Å². The first-order valence-electron chi connectivity index (χ1n) is 11.7. The molecule has 4 rings (SSSR count). The first kappa shape index (κ1) is 20.2. The fraction of sp³-hybridized carbons (Fsp3) is 0.556. The van der Waals surface area contributed by atoms with Crippen LogP contribution in [-0.4, -0.2) is 17.0 Å². The highest BCUT2D eigenvalue weighted by Crippen LogP contribution is 2.62. The highest BCUT2D eigenvalue weighted by molar-refractivity contribution is 7.60. The fourth-order valence-electron chi connectivity index (χ4n) is 5.96. The molecule has 0 aliphatic heterocycles. The minimum atomic E-state index is 0.0552. The minimum Gasteiger partial charge on any atom is -0.0965 e. The van der Waals surface area contributed by atoms with Gasteiger partial charge in [0.1, 0.15) is 0 Å². The summed E-state index contributed by atoms with van der Waals surface area (Å²) in [6.45, 7) is 2.62. The van der Waals surface area contributed by atoms with Crippen LogP contribution < -0.4 is 0 Å². The molecule has 150 valence electrons. The molecule has 1 atom stereocenters.